The molecule has 1 aliphatic carbocycles. The third-order valence-corrected chi connectivity index (χ3v) is 5.11. The van der Waals surface area contributed by atoms with Gasteiger partial charge in [0.05, 0.1) is 0 Å². The highest BCUT2D eigenvalue weighted by molar-refractivity contribution is 9.10. The molecule has 2 rings (SSSR count). The van der Waals surface area contributed by atoms with E-state index in [0.717, 1.165) is 23.1 Å². The molecule has 1 aromatic carbocycles. The number of hydrogen-bond acceptors (Lipinski definition) is 2. The second-order valence-electron chi connectivity index (χ2n) is 5.67. The fraction of sp³-hybridized carbons (Fsp3) is 0.625. The van der Waals surface area contributed by atoms with Crippen LogP contribution in [-0.2, 0) is 0 Å². The van der Waals surface area contributed by atoms with Crippen LogP contribution in [0.1, 0.15) is 44.7 Å². The van der Waals surface area contributed by atoms with E-state index in [-0.39, 0.29) is 11.9 Å². The van der Waals surface area contributed by atoms with Crippen LogP contribution < -0.4 is 5.73 Å². The van der Waals surface area contributed by atoms with Gasteiger partial charge < -0.3 is 5.73 Å². The van der Waals surface area contributed by atoms with E-state index in [1.807, 2.05) is 6.07 Å². The van der Waals surface area contributed by atoms with Gasteiger partial charge in [0.1, 0.15) is 5.82 Å². The van der Waals surface area contributed by atoms with Crippen molar-refractivity contribution in [3.63, 3.8) is 0 Å². The van der Waals surface area contributed by atoms with Crippen LogP contribution in [0.2, 0.25) is 0 Å². The van der Waals surface area contributed by atoms with Gasteiger partial charge in [-0.2, -0.15) is 0 Å². The molecule has 0 heterocycles. The van der Waals surface area contributed by atoms with E-state index in [4.69, 9.17) is 5.73 Å². The van der Waals surface area contributed by atoms with Gasteiger partial charge in [0, 0.05) is 22.1 Å². The molecule has 2 nitrogen and oxygen atoms in total. The fourth-order valence-electron chi connectivity index (χ4n) is 3.54. The molecule has 4 heteroatoms. The first-order valence-electron chi connectivity index (χ1n) is 7.49. The molecule has 0 saturated heterocycles. The second kappa shape index (κ2) is 7.01. The summed E-state index contributed by atoms with van der Waals surface area (Å²) in [5.74, 6) is 0.425. The van der Waals surface area contributed by atoms with Crippen molar-refractivity contribution in [3.8, 4) is 0 Å². The zero-order valence-corrected chi connectivity index (χ0v) is 13.9. The van der Waals surface area contributed by atoms with E-state index in [0.29, 0.717) is 12.0 Å². The molecule has 1 saturated carbocycles. The summed E-state index contributed by atoms with van der Waals surface area (Å²) in [6, 6.07) is 5.75. The molecule has 112 valence electrons. The standard InChI is InChI=1S/C16H24BrFN2/c1-3-20(16-6-4-5-12(16)10-19)11(2)14-9-13(17)7-8-15(14)18/h7-9,11-12,16H,3-6,10,19H2,1-2H3. The Morgan fingerprint density at radius 2 is 2.20 bits per heavy atom. The summed E-state index contributed by atoms with van der Waals surface area (Å²) >= 11 is 3.44. The number of rotatable bonds is 5. The highest BCUT2D eigenvalue weighted by Crippen LogP contribution is 2.35. The maximum absolute atomic E-state index is 14.1. The lowest BCUT2D eigenvalue weighted by Gasteiger charge is -2.37. The van der Waals surface area contributed by atoms with Crippen LogP contribution in [0, 0.1) is 11.7 Å². The van der Waals surface area contributed by atoms with Gasteiger partial charge in [0.15, 0.2) is 0 Å². The quantitative estimate of drug-likeness (QED) is 0.872. The van der Waals surface area contributed by atoms with Crippen LogP contribution in [0.5, 0.6) is 0 Å². The van der Waals surface area contributed by atoms with Gasteiger partial charge in [0.2, 0.25) is 0 Å². The molecule has 0 radical (unpaired) electrons. The Bertz CT molecular complexity index is 452. The first-order valence-corrected chi connectivity index (χ1v) is 8.28. The molecular formula is C16H24BrFN2. The Balaban J connectivity index is 2.24. The van der Waals surface area contributed by atoms with Crippen LogP contribution in [0.25, 0.3) is 0 Å². The number of nitrogens with two attached hydrogens (primary N) is 1. The number of nitrogens with zero attached hydrogens (tertiary/aromatic N) is 1. The summed E-state index contributed by atoms with van der Waals surface area (Å²) in [5, 5.41) is 0. The molecular weight excluding hydrogens is 319 g/mol. The summed E-state index contributed by atoms with van der Waals surface area (Å²) in [5.41, 5.74) is 6.67. The van der Waals surface area contributed by atoms with E-state index in [1.165, 1.54) is 19.3 Å². The summed E-state index contributed by atoms with van der Waals surface area (Å²) in [7, 11) is 0. The van der Waals surface area contributed by atoms with Crippen LogP contribution in [-0.4, -0.2) is 24.0 Å². The predicted octanol–water partition coefficient (Wildman–Crippen LogP) is 4.10. The molecule has 0 spiro atoms. The minimum Gasteiger partial charge on any atom is -0.330 e. The molecule has 3 unspecified atom stereocenters. The first kappa shape index (κ1) is 15.9. The topological polar surface area (TPSA) is 29.3 Å². The molecule has 0 bridgehead atoms. The van der Waals surface area contributed by atoms with E-state index in [1.54, 1.807) is 12.1 Å². The van der Waals surface area contributed by atoms with Gasteiger partial charge in [-0.1, -0.05) is 29.3 Å². The number of halogens is 2. The van der Waals surface area contributed by atoms with Crippen LogP contribution in [0.3, 0.4) is 0 Å². The maximum atomic E-state index is 14.1. The van der Waals surface area contributed by atoms with Gasteiger partial charge in [-0.15, -0.1) is 0 Å². The normalized spacial score (nSPS) is 24.3. The molecule has 1 aromatic rings. The molecule has 0 amide bonds. The minimum absolute atomic E-state index is 0.0784. The minimum atomic E-state index is -0.124. The summed E-state index contributed by atoms with van der Waals surface area (Å²) in [4.78, 5) is 2.41. The summed E-state index contributed by atoms with van der Waals surface area (Å²) in [6.07, 6.45) is 3.61. The zero-order valence-electron chi connectivity index (χ0n) is 12.3. The van der Waals surface area contributed by atoms with Crippen molar-refractivity contribution < 1.29 is 4.39 Å². The van der Waals surface area contributed by atoms with E-state index in [2.05, 4.69) is 34.7 Å². The smallest absolute Gasteiger partial charge is 0.128 e. The molecule has 1 aliphatic rings. The van der Waals surface area contributed by atoms with Crippen LogP contribution >= 0.6 is 15.9 Å². The predicted molar refractivity (Wildman–Crippen MR) is 85.1 cm³/mol. The van der Waals surface area contributed by atoms with Crippen molar-refractivity contribution in [1.82, 2.24) is 4.90 Å². The van der Waals surface area contributed by atoms with Crippen molar-refractivity contribution in [2.24, 2.45) is 11.7 Å². The Labute approximate surface area is 129 Å². The summed E-state index contributed by atoms with van der Waals surface area (Å²) < 4.78 is 15.0. The van der Waals surface area contributed by atoms with Gasteiger partial charge in [-0.05, 0) is 57.0 Å². The molecule has 0 aromatic heterocycles. The van der Waals surface area contributed by atoms with Crippen molar-refractivity contribution >= 4 is 15.9 Å². The van der Waals surface area contributed by atoms with Gasteiger partial charge in [-0.3, -0.25) is 4.90 Å². The highest BCUT2D eigenvalue weighted by atomic mass is 79.9. The Kier molecular flexibility index (Phi) is 5.58. The molecule has 3 atom stereocenters. The maximum Gasteiger partial charge on any atom is 0.128 e. The first-order chi connectivity index (χ1) is 9.58. The van der Waals surface area contributed by atoms with Crippen molar-refractivity contribution in [3.05, 3.63) is 34.1 Å². The fourth-order valence-corrected chi connectivity index (χ4v) is 3.92. The van der Waals surface area contributed by atoms with Crippen LogP contribution in [0.15, 0.2) is 22.7 Å². The summed E-state index contributed by atoms with van der Waals surface area (Å²) in [6.45, 7) is 5.90. The van der Waals surface area contributed by atoms with E-state index < -0.39 is 0 Å². The van der Waals surface area contributed by atoms with Crippen LogP contribution in [0.4, 0.5) is 4.39 Å². The highest BCUT2D eigenvalue weighted by Gasteiger charge is 2.33. The lowest BCUT2D eigenvalue weighted by Crippen LogP contribution is -2.42. The van der Waals surface area contributed by atoms with Gasteiger partial charge in [-0.25, -0.2) is 4.39 Å². The van der Waals surface area contributed by atoms with E-state index >= 15 is 0 Å². The lowest BCUT2D eigenvalue weighted by molar-refractivity contribution is 0.121. The number of hydrogen-bond donors (Lipinski definition) is 1. The Morgan fingerprint density at radius 3 is 2.85 bits per heavy atom. The second-order valence-corrected chi connectivity index (χ2v) is 6.58. The average molecular weight is 343 g/mol. The largest absolute Gasteiger partial charge is 0.330 e. The van der Waals surface area contributed by atoms with E-state index in [9.17, 15) is 4.39 Å². The van der Waals surface area contributed by atoms with Crippen molar-refractivity contribution in [2.45, 2.75) is 45.2 Å². The van der Waals surface area contributed by atoms with Gasteiger partial charge in [0.25, 0.3) is 0 Å². The molecule has 2 N–H and O–H groups in total. The molecule has 1 fully saturated rings. The number of benzene rings is 1. The zero-order chi connectivity index (χ0) is 14.7. The third kappa shape index (κ3) is 3.23. The Hall–Kier alpha value is -0.450. The third-order valence-electron chi connectivity index (χ3n) is 4.62. The van der Waals surface area contributed by atoms with Crippen molar-refractivity contribution in [1.29, 1.82) is 0 Å². The van der Waals surface area contributed by atoms with Crippen molar-refractivity contribution in [2.75, 3.05) is 13.1 Å². The Morgan fingerprint density at radius 1 is 1.45 bits per heavy atom. The lowest BCUT2D eigenvalue weighted by atomic mass is 9.98. The SMILES string of the molecule is CCN(C(C)c1cc(Br)ccc1F)C1CCCC1CN. The van der Waals surface area contributed by atoms with Gasteiger partial charge >= 0.3 is 0 Å². The molecule has 20 heavy (non-hydrogen) atoms. The average Bonchev–Trinajstić information content (AvgIpc) is 2.90. The molecule has 0 aliphatic heterocycles. The monoisotopic (exact) mass is 342 g/mol.